The van der Waals surface area contributed by atoms with Crippen molar-refractivity contribution in [2.24, 2.45) is 0 Å². The normalized spacial score (nSPS) is 17.2. The summed E-state index contributed by atoms with van der Waals surface area (Å²) >= 11 is 0. The summed E-state index contributed by atoms with van der Waals surface area (Å²) in [4.78, 5) is 22.7. The van der Waals surface area contributed by atoms with E-state index in [9.17, 15) is 4.79 Å². The molecule has 122 valence electrons. The molecule has 1 aromatic heterocycles. The Balaban J connectivity index is 1.68. The average molecular weight is 322 g/mol. The van der Waals surface area contributed by atoms with Crippen LogP contribution >= 0.6 is 0 Å². The number of piperidine rings is 1. The fraction of sp³-hybridized carbons (Fsp3) is 0.333. The Morgan fingerprint density at radius 1 is 1.42 bits per heavy atom. The first-order valence-corrected chi connectivity index (χ1v) is 7.91. The monoisotopic (exact) mass is 322 g/mol. The third kappa shape index (κ3) is 3.69. The second-order valence-electron chi connectivity index (χ2n) is 5.77. The molecule has 0 spiro atoms. The molecule has 0 N–H and O–H groups in total. The van der Waals surface area contributed by atoms with Crippen molar-refractivity contribution in [2.45, 2.75) is 25.9 Å². The van der Waals surface area contributed by atoms with E-state index < -0.39 is 0 Å². The van der Waals surface area contributed by atoms with Gasteiger partial charge in [-0.05, 0) is 38.0 Å². The minimum Gasteiger partial charge on any atom is -0.472 e. The molecule has 2 aromatic rings. The SMILES string of the molecule is Cc1nccc(OC2CCCN(C(=O)c3cccc(C#N)c3)C2)n1. The Kier molecular flexibility index (Phi) is 4.71. The Morgan fingerprint density at radius 2 is 2.29 bits per heavy atom. The summed E-state index contributed by atoms with van der Waals surface area (Å²) in [5.41, 5.74) is 1.02. The summed E-state index contributed by atoms with van der Waals surface area (Å²) in [5, 5.41) is 8.98. The third-order valence-electron chi connectivity index (χ3n) is 3.94. The fourth-order valence-electron chi connectivity index (χ4n) is 2.79. The second kappa shape index (κ2) is 7.09. The molecule has 0 aliphatic carbocycles. The highest BCUT2D eigenvalue weighted by molar-refractivity contribution is 5.94. The number of rotatable bonds is 3. The highest BCUT2D eigenvalue weighted by Gasteiger charge is 2.26. The number of amides is 1. The van der Waals surface area contributed by atoms with Gasteiger partial charge in [-0.1, -0.05) is 6.07 Å². The van der Waals surface area contributed by atoms with Gasteiger partial charge in [-0.3, -0.25) is 4.79 Å². The van der Waals surface area contributed by atoms with E-state index in [2.05, 4.69) is 16.0 Å². The van der Waals surface area contributed by atoms with E-state index in [0.717, 1.165) is 12.8 Å². The van der Waals surface area contributed by atoms with Gasteiger partial charge in [-0.2, -0.15) is 10.2 Å². The number of aryl methyl sites for hydroxylation is 1. The zero-order valence-corrected chi connectivity index (χ0v) is 13.5. The highest BCUT2D eigenvalue weighted by atomic mass is 16.5. The molecule has 1 amide bonds. The molecule has 1 saturated heterocycles. The Morgan fingerprint density at radius 3 is 3.08 bits per heavy atom. The topological polar surface area (TPSA) is 79.1 Å². The summed E-state index contributed by atoms with van der Waals surface area (Å²) in [6.45, 7) is 3.02. The van der Waals surface area contributed by atoms with Crippen LogP contribution in [0.2, 0.25) is 0 Å². The first kappa shape index (κ1) is 15.9. The Labute approximate surface area is 140 Å². The van der Waals surface area contributed by atoms with Gasteiger partial charge in [0, 0.05) is 24.4 Å². The molecule has 1 fully saturated rings. The molecule has 2 heterocycles. The first-order chi connectivity index (χ1) is 11.7. The molecule has 1 aliphatic rings. The molecule has 0 saturated carbocycles. The molecule has 1 atom stereocenters. The molecule has 3 rings (SSSR count). The maximum atomic E-state index is 12.7. The van der Waals surface area contributed by atoms with Gasteiger partial charge in [-0.25, -0.2) is 4.98 Å². The summed E-state index contributed by atoms with van der Waals surface area (Å²) in [7, 11) is 0. The number of likely N-dealkylation sites (tertiary alicyclic amines) is 1. The van der Waals surface area contributed by atoms with Gasteiger partial charge in [0.25, 0.3) is 5.91 Å². The van der Waals surface area contributed by atoms with Crippen molar-refractivity contribution in [2.75, 3.05) is 13.1 Å². The molecule has 24 heavy (non-hydrogen) atoms. The minimum absolute atomic E-state index is 0.0701. The van der Waals surface area contributed by atoms with Crippen molar-refractivity contribution in [1.29, 1.82) is 5.26 Å². The van der Waals surface area contributed by atoms with Crippen molar-refractivity contribution in [3.05, 3.63) is 53.5 Å². The molecule has 1 aromatic carbocycles. The van der Waals surface area contributed by atoms with Crippen LogP contribution in [0.4, 0.5) is 0 Å². The van der Waals surface area contributed by atoms with Gasteiger partial charge in [-0.15, -0.1) is 0 Å². The first-order valence-electron chi connectivity index (χ1n) is 7.91. The number of ether oxygens (including phenoxy) is 1. The van der Waals surface area contributed by atoms with E-state index in [4.69, 9.17) is 10.00 Å². The lowest BCUT2D eigenvalue weighted by molar-refractivity contribution is 0.0527. The number of aromatic nitrogens is 2. The molecule has 0 radical (unpaired) electrons. The largest absolute Gasteiger partial charge is 0.472 e. The van der Waals surface area contributed by atoms with Gasteiger partial charge in [0.05, 0.1) is 18.2 Å². The maximum absolute atomic E-state index is 12.7. The second-order valence-corrected chi connectivity index (χ2v) is 5.77. The number of nitriles is 1. The van der Waals surface area contributed by atoms with Crippen molar-refractivity contribution < 1.29 is 9.53 Å². The Hall–Kier alpha value is -2.94. The molecule has 0 bridgehead atoms. The van der Waals surface area contributed by atoms with Crippen molar-refractivity contribution >= 4 is 5.91 Å². The molecule has 6 nitrogen and oxygen atoms in total. The molecule has 1 aliphatic heterocycles. The summed E-state index contributed by atoms with van der Waals surface area (Å²) in [6, 6.07) is 10.6. The zero-order valence-electron chi connectivity index (χ0n) is 13.5. The van der Waals surface area contributed by atoms with Crippen LogP contribution in [-0.4, -0.2) is 40.0 Å². The summed E-state index contributed by atoms with van der Waals surface area (Å²) in [6.07, 6.45) is 3.33. The smallest absolute Gasteiger partial charge is 0.254 e. The lowest BCUT2D eigenvalue weighted by Crippen LogP contribution is -2.44. The van der Waals surface area contributed by atoms with Crippen molar-refractivity contribution in [3.63, 3.8) is 0 Å². The van der Waals surface area contributed by atoms with E-state index in [1.54, 1.807) is 41.4 Å². The van der Waals surface area contributed by atoms with Crippen LogP contribution in [0, 0.1) is 18.3 Å². The summed E-state index contributed by atoms with van der Waals surface area (Å²) < 4.78 is 5.90. The van der Waals surface area contributed by atoms with E-state index in [1.807, 2.05) is 6.92 Å². The molecule has 1 unspecified atom stereocenters. The third-order valence-corrected chi connectivity index (χ3v) is 3.94. The predicted octanol–water partition coefficient (Wildman–Crippen LogP) is 2.34. The van der Waals surface area contributed by atoms with Crippen LogP contribution < -0.4 is 4.74 Å². The van der Waals surface area contributed by atoms with Crippen molar-refractivity contribution in [3.8, 4) is 11.9 Å². The minimum atomic E-state index is -0.0869. The zero-order chi connectivity index (χ0) is 16.9. The highest BCUT2D eigenvalue weighted by Crippen LogP contribution is 2.19. The van der Waals surface area contributed by atoms with E-state index in [1.165, 1.54) is 0 Å². The van der Waals surface area contributed by atoms with Gasteiger partial charge >= 0.3 is 0 Å². The van der Waals surface area contributed by atoms with Gasteiger partial charge < -0.3 is 9.64 Å². The van der Waals surface area contributed by atoms with Gasteiger partial charge in [0.1, 0.15) is 11.9 Å². The van der Waals surface area contributed by atoms with Gasteiger partial charge in [0.2, 0.25) is 5.88 Å². The number of nitrogens with zero attached hydrogens (tertiary/aromatic N) is 4. The number of hydrogen-bond donors (Lipinski definition) is 0. The maximum Gasteiger partial charge on any atom is 0.254 e. The Bertz CT molecular complexity index is 785. The lowest BCUT2D eigenvalue weighted by atomic mass is 10.1. The van der Waals surface area contributed by atoms with Gasteiger partial charge in [0.15, 0.2) is 0 Å². The lowest BCUT2D eigenvalue weighted by Gasteiger charge is -2.32. The standard InChI is InChI=1S/C18H18N4O2/c1-13-20-8-7-17(21-13)24-16-6-3-9-22(12-16)18(23)15-5-2-4-14(10-15)11-19/h2,4-5,7-8,10,16H,3,6,9,12H2,1H3. The quantitative estimate of drug-likeness (QED) is 0.866. The van der Waals surface area contributed by atoms with Crippen LogP contribution in [0.25, 0.3) is 0 Å². The molecular formula is C18H18N4O2. The number of carbonyl (C=O) groups excluding carboxylic acids is 1. The van der Waals surface area contributed by atoms with Crippen LogP contribution in [-0.2, 0) is 0 Å². The molecular weight excluding hydrogens is 304 g/mol. The van der Waals surface area contributed by atoms with E-state index in [0.29, 0.717) is 35.9 Å². The van der Waals surface area contributed by atoms with Crippen LogP contribution in [0.1, 0.15) is 34.6 Å². The van der Waals surface area contributed by atoms with Crippen LogP contribution in [0.3, 0.4) is 0 Å². The average Bonchev–Trinajstić information content (AvgIpc) is 2.61. The van der Waals surface area contributed by atoms with E-state index >= 15 is 0 Å². The number of benzene rings is 1. The van der Waals surface area contributed by atoms with Crippen LogP contribution in [0.5, 0.6) is 5.88 Å². The molecule has 6 heteroatoms. The fourth-order valence-corrected chi connectivity index (χ4v) is 2.79. The van der Waals surface area contributed by atoms with Crippen LogP contribution in [0.15, 0.2) is 36.5 Å². The number of carbonyl (C=O) groups is 1. The number of hydrogen-bond acceptors (Lipinski definition) is 5. The predicted molar refractivity (Wildman–Crippen MR) is 87.5 cm³/mol. The van der Waals surface area contributed by atoms with E-state index in [-0.39, 0.29) is 12.0 Å². The van der Waals surface area contributed by atoms with Crippen molar-refractivity contribution in [1.82, 2.24) is 14.9 Å². The summed E-state index contributed by atoms with van der Waals surface area (Å²) in [5.74, 6) is 1.12.